The van der Waals surface area contributed by atoms with Gasteiger partial charge in [-0.05, 0) is 117 Å². The number of aryl methyl sites for hydroxylation is 2. The smallest absolute Gasteiger partial charge is 0.251 e. The summed E-state index contributed by atoms with van der Waals surface area (Å²) >= 11 is 0. The van der Waals surface area contributed by atoms with Crippen molar-refractivity contribution >= 4 is 40.2 Å². The van der Waals surface area contributed by atoms with Gasteiger partial charge in [-0.3, -0.25) is 0 Å². The van der Waals surface area contributed by atoms with E-state index >= 15 is 0 Å². The third kappa shape index (κ3) is 5.17. The topological polar surface area (TPSA) is 12.5 Å². The van der Waals surface area contributed by atoms with Gasteiger partial charge in [0.05, 0.1) is 16.8 Å². The Morgan fingerprint density at radius 2 is 1.02 bits per heavy atom. The van der Waals surface area contributed by atoms with E-state index in [4.69, 9.17) is 4.74 Å². The van der Waals surface area contributed by atoms with Crippen LogP contribution in [0.3, 0.4) is 0 Å². The Morgan fingerprint density at radius 3 is 1.58 bits per heavy atom. The Kier molecular flexibility index (Phi) is 8.20. The van der Waals surface area contributed by atoms with Crippen molar-refractivity contribution in [3.05, 3.63) is 190 Å². The van der Waals surface area contributed by atoms with Crippen LogP contribution in [0.2, 0.25) is 0 Å². The normalized spacial score (nSPS) is 14.3. The van der Waals surface area contributed by atoms with Crippen LogP contribution in [0.15, 0.2) is 140 Å². The van der Waals surface area contributed by atoms with Gasteiger partial charge < -0.3 is 9.64 Å². The third-order valence-corrected chi connectivity index (χ3v) is 13.0. The standard InChI is InChI=1S/C54H50BNO/c1-32(2)37-29-41(33(3)4)53(42(30-37)34(5)6)55-47-19-13-14-20-51(47)57-52-31-38(23-24-48(52)55)56-49-25-21-35(7)27-45(49)54(46-28-36(8)22-26-50(46)56)43-17-11-9-15-39(43)40-16-10-12-18-44(40)54/h9-34H,1-8H3. The fraction of sp³-hybridized carbons (Fsp3) is 0.222. The molecule has 280 valence electrons. The summed E-state index contributed by atoms with van der Waals surface area (Å²) in [7, 11) is 0. The maximum absolute atomic E-state index is 7.00. The fourth-order valence-corrected chi connectivity index (χ4v) is 10.4. The van der Waals surface area contributed by atoms with Crippen LogP contribution < -0.4 is 26.0 Å². The number of hydrogen-bond donors (Lipinski definition) is 0. The highest BCUT2D eigenvalue weighted by atomic mass is 16.5. The minimum Gasteiger partial charge on any atom is -0.458 e. The lowest BCUT2D eigenvalue weighted by Crippen LogP contribution is -2.57. The average Bonchev–Trinajstić information content (AvgIpc) is 3.50. The Morgan fingerprint density at radius 1 is 0.491 bits per heavy atom. The van der Waals surface area contributed by atoms with Crippen LogP contribution in [0.5, 0.6) is 11.5 Å². The second kappa shape index (κ2) is 13.1. The van der Waals surface area contributed by atoms with Gasteiger partial charge in [-0.2, -0.15) is 0 Å². The Bertz CT molecular complexity index is 2620. The van der Waals surface area contributed by atoms with Crippen LogP contribution >= 0.6 is 0 Å². The van der Waals surface area contributed by atoms with Crippen molar-refractivity contribution < 1.29 is 4.74 Å². The van der Waals surface area contributed by atoms with Crippen LogP contribution in [-0.4, -0.2) is 6.71 Å². The van der Waals surface area contributed by atoms with E-state index < -0.39 is 5.41 Å². The van der Waals surface area contributed by atoms with Crippen molar-refractivity contribution in [3.63, 3.8) is 0 Å². The van der Waals surface area contributed by atoms with Crippen molar-refractivity contribution in [2.75, 3.05) is 4.90 Å². The zero-order valence-corrected chi connectivity index (χ0v) is 34.4. The maximum Gasteiger partial charge on any atom is 0.251 e. The van der Waals surface area contributed by atoms with Crippen LogP contribution in [-0.2, 0) is 5.41 Å². The zero-order valence-electron chi connectivity index (χ0n) is 34.4. The van der Waals surface area contributed by atoms with Gasteiger partial charge >= 0.3 is 0 Å². The summed E-state index contributed by atoms with van der Waals surface area (Å²) in [6, 6.07) is 52.9. The molecule has 1 aliphatic carbocycles. The maximum atomic E-state index is 7.00. The molecular formula is C54H50BNO. The molecule has 10 rings (SSSR count). The Labute approximate surface area is 339 Å². The molecule has 0 N–H and O–H groups in total. The number of anilines is 3. The van der Waals surface area contributed by atoms with Crippen LogP contribution in [0, 0.1) is 13.8 Å². The predicted octanol–water partition coefficient (Wildman–Crippen LogP) is 12.4. The summed E-state index contributed by atoms with van der Waals surface area (Å²) in [6.45, 7) is 18.5. The minimum atomic E-state index is -0.455. The molecule has 0 unspecified atom stereocenters. The van der Waals surface area contributed by atoms with Crippen molar-refractivity contribution in [1.29, 1.82) is 0 Å². The van der Waals surface area contributed by atoms with Crippen LogP contribution in [0.4, 0.5) is 17.1 Å². The van der Waals surface area contributed by atoms with Crippen molar-refractivity contribution in [1.82, 2.24) is 0 Å². The lowest BCUT2D eigenvalue weighted by atomic mass is 9.34. The van der Waals surface area contributed by atoms with Gasteiger partial charge in [-0.15, -0.1) is 0 Å². The highest BCUT2D eigenvalue weighted by Gasteiger charge is 2.52. The molecule has 0 aromatic heterocycles. The molecule has 0 fully saturated rings. The van der Waals surface area contributed by atoms with Crippen molar-refractivity contribution in [3.8, 4) is 22.6 Å². The number of rotatable bonds is 5. The Balaban J connectivity index is 1.22. The molecule has 2 nitrogen and oxygen atoms in total. The third-order valence-electron chi connectivity index (χ3n) is 13.0. The monoisotopic (exact) mass is 739 g/mol. The van der Waals surface area contributed by atoms with Crippen molar-refractivity contribution in [2.24, 2.45) is 0 Å². The first-order valence-electron chi connectivity index (χ1n) is 20.9. The minimum absolute atomic E-state index is 0.0519. The van der Waals surface area contributed by atoms with E-state index in [1.54, 1.807) is 0 Å². The molecule has 0 saturated heterocycles. The molecule has 1 spiro atoms. The fourth-order valence-electron chi connectivity index (χ4n) is 10.4. The highest BCUT2D eigenvalue weighted by Crippen LogP contribution is 2.63. The van der Waals surface area contributed by atoms with E-state index in [0.29, 0.717) is 17.8 Å². The molecule has 2 aliphatic heterocycles. The van der Waals surface area contributed by atoms with Gasteiger partial charge in [0.25, 0.3) is 6.71 Å². The number of fused-ring (bicyclic) bond motifs is 11. The summed E-state index contributed by atoms with van der Waals surface area (Å²) < 4.78 is 7.00. The second-order valence-electron chi connectivity index (χ2n) is 17.6. The average molecular weight is 740 g/mol. The van der Waals surface area contributed by atoms with Gasteiger partial charge in [0.1, 0.15) is 11.5 Å². The summed E-state index contributed by atoms with van der Waals surface area (Å²) in [5, 5.41) is 0. The Hall–Kier alpha value is -5.80. The van der Waals surface area contributed by atoms with Gasteiger partial charge in [-0.25, -0.2) is 0 Å². The van der Waals surface area contributed by atoms with E-state index in [-0.39, 0.29) is 6.71 Å². The van der Waals surface area contributed by atoms with Crippen LogP contribution in [0.25, 0.3) is 11.1 Å². The largest absolute Gasteiger partial charge is 0.458 e. The molecule has 3 aliphatic rings. The zero-order chi connectivity index (χ0) is 39.3. The summed E-state index contributed by atoms with van der Waals surface area (Å²) in [6.07, 6.45) is 0. The first-order chi connectivity index (χ1) is 27.6. The predicted molar refractivity (Wildman–Crippen MR) is 241 cm³/mol. The van der Waals surface area contributed by atoms with E-state index in [2.05, 4.69) is 200 Å². The molecule has 0 saturated carbocycles. The molecule has 0 bridgehead atoms. The van der Waals surface area contributed by atoms with E-state index in [1.165, 1.54) is 89.0 Å². The SMILES string of the molecule is Cc1ccc2c(c1)C1(c3ccccc3-c3ccccc31)c1cc(C)ccc1N2c1ccc2c(c1)Oc1ccccc1B2c1c(C(C)C)cc(C(C)C)cc1C(C)C. The number of hydrogen-bond acceptors (Lipinski definition) is 2. The number of nitrogens with zero attached hydrogens (tertiary/aromatic N) is 1. The summed E-state index contributed by atoms with van der Waals surface area (Å²) in [5.74, 6) is 3.07. The number of para-hydroxylation sites is 1. The lowest BCUT2D eigenvalue weighted by molar-refractivity contribution is 0.487. The molecule has 3 heteroatoms. The van der Waals surface area contributed by atoms with Gasteiger partial charge in [0.2, 0.25) is 0 Å². The van der Waals surface area contributed by atoms with Crippen molar-refractivity contribution in [2.45, 2.75) is 78.6 Å². The van der Waals surface area contributed by atoms with E-state index in [1.807, 2.05) is 0 Å². The number of ether oxygens (including phenoxy) is 1. The lowest BCUT2D eigenvalue weighted by Gasteiger charge is -2.45. The first kappa shape index (κ1) is 35.6. The molecule has 7 aromatic carbocycles. The van der Waals surface area contributed by atoms with Gasteiger partial charge in [0, 0.05) is 11.8 Å². The summed E-state index contributed by atoms with van der Waals surface area (Å²) in [5.41, 5.74) is 21.7. The van der Waals surface area contributed by atoms with Crippen LogP contribution in [0.1, 0.15) is 109 Å². The van der Waals surface area contributed by atoms with E-state index in [9.17, 15) is 0 Å². The molecule has 57 heavy (non-hydrogen) atoms. The molecule has 2 heterocycles. The molecule has 7 aromatic rings. The molecular weight excluding hydrogens is 689 g/mol. The van der Waals surface area contributed by atoms with E-state index in [0.717, 1.165) is 17.2 Å². The quantitative estimate of drug-likeness (QED) is 0.163. The second-order valence-corrected chi connectivity index (χ2v) is 17.6. The summed E-state index contributed by atoms with van der Waals surface area (Å²) in [4.78, 5) is 2.49. The number of benzene rings is 7. The molecule has 0 atom stereocenters. The van der Waals surface area contributed by atoms with Gasteiger partial charge in [-0.1, -0.05) is 167 Å². The van der Waals surface area contributed by atoms with Gasteiger partial charge in [0.15, 0.2) is 0 Å². The highest BCUT2D eigenvalue weighted by molar-refractivity contribution is 6.97. The first-order valence-corrected chi connectivity index (χ1v) is 20.9. The molecule has 0 radical (unpaired) electrons. The molecule has 0 amide bonds.